The molecule has 0 aliphatic carbocycles. The predicted octanol–water partition coefficient (Wildman–Crippen LogP) is 2.85. The smallest absolute Gasteiger partial charge is 0.341 e. The number of guanidine groups is 1. The zero-order valence-electron chi connectivity index (χ0n) is 17.8. The largest absolute Gasteiger partial charge is 0.496 e. The maximum absolute atomic E-state index is 12.0. The predicted molar refractivity (Wildman–Crippen MR) is 111 cm³/mol. The molecule has 1 aromatic carbocycles. The number of aliphatic imine (C=N–C) groups is 1. The highest BCUT2D eigenvalue weighted by Gasteiger charge is 2.15. The van der Waals surface area contributed by atoms with E-state index in [0.29, 0.717) is 30.4 Å². The van der Waals surface area contributed by atoms with Gasteiger partial charge in [0.2, 0.25) is 0 Å². The lowest BCUT2D eigenvalue weighted by Crippen LogP contribution is -2.37. The summed E-state index contributed by atoms with van der Waals surface area (Å²) in [7, 11) is 2.87. The van der Waals surface area contributed by atoms with Crippen LogP contribution in [0.25, 0.3) is 0 Å². The molecule has 29 heavy (non-hydrogen) atoms. The van der Waals surface area contributed by atoms with Crippen LogP contribution in [0, 0.1) is 0 Å². The Kier molecular flexibility index (Phi) is 8.51. The number of nitrogens with zero attached hydrogens (tertiary/aromatic N) is 2. The van der Waals surface area contributed by atoms with E-state index in [1.165, 1.54) is 14.2 Å². The summed E-state index contributed by atoms with van der Waals surface area (Å²) < 4.78 is 15.5. The zero-order valence-corrected chi connectivity index (χ0v) is 17.8. The van der Waals surface area contributed by atoms with Gasteiger partial charge in [0.05, 0.1) is 26.5 Å². The van der Waals surface area contributed by atoms with Gasteiger partial charge >= 0.3 is 5.97 Å². The lowest BCUT2D eigenvalue weighted by Gasteiger charge is -2.12. The molecule has 1 heterocycles. The summed E-state index contributed by atoms with van der Waals surface area (Å²) >= 11 is 0. The fraction of sp³-hybridized carbons (Fsp3) is 0.476. The molecule has 1 aromatic heterocycles. The van der Waals surface area contributed by atoms with Gasteiger partial charge in [-0.25, -0.2) is 9.79 Å². The van der Waals surface area contributed by atoms with Gasteiger partial charge < -0.3 is 24.6 Å². The maximum Gasteiger partial charge on any atom is 0.341 e. The number of nitrogens with one attached hydrogen (secondary N) is 2. The number of esters is 1. The van der Waals surface area contributed by atoms with E-state index in [-0.39, 0.29) is 0 Å². The molecule has 0 unspecified atom stereocenters. The number of hydrogen-bond acceptors (Lipinski definition) is 6. The topological polar surface area (TPSA) is 98.0 Å². The second-order valence-electron chi connectivity index (χ2n) is 6.31. The van der Waals surface area contributed by atoms with Gasteiger partial charge in [-0.3, -0.25) is 0 Å². The molecule has 0 saturated carbocycles. The molecule has 0 atom stereocenters. The number of aromatic nitrogens is 1. The molecule has 2 aromatic rings. The van der Waals surface area contributed by atoms with Crippen molar-refractivity contribution in [3.63, 3.8) is 0 Å². The van der Waals surface area contributed by atoms with E-state index >= 15 is 0 Å². The standard InChI is InChI=1S/C21H30N4O4/c1-6-17-16(18(7-2)29-25-17)13-24-21(22-8-3)23-12-14-9-10-19(27-4)15(11-14)20(26)28-5/h9-11H,6-8,12-13H2,1-5H3,(H2,22,23,24). The van der Waals surface area contributed by atoms with Crippen molar-refractivity contribution in [3.05, 3.63) is 46.3 Å². The van der Waals surface area contributed by atoms with Gasteiger partial charge in [-0.05, 0) is 31.0 Å². The molecule has 0 saturated heterocycles. The molecule has 0 bridgehead atoms. The van der Waals surface area contributed by atoms with Gasteiger partial charge in [-0.15, -0.1) is 0 Å². The minimum atomic E-state index is -0.440. The molecule has 2 N–H and O–H groups in total. The monoisotopic (exact) mass is 402 g/mol. The van der Waals surface area contributed by atoms with E-state index in [1.807, 2.05) is 19.9 Å². The highest BCUT2D eigenvalue weighted by atomic mass is 16.5. The second-order valence-corrected chi connectivity index (χ2v) is 6.31. The summed E-state index contributed by atoms with van der Waals surface area (Å²) in [4.78, 5) is 16.6. The van der Waals surface area contributed by atoms with Crippen molar-refractivity contribution < 1.29 is 18.8 Å². The number of rotatable bonds is 9. The number of carbonyl (C=O) groups is 1. The second kappa shape index (κ2) is 11.1. The SMILES string of the molecule is CCNC(=NCc1ccc(OC)c(C(=O)OC)c1)NCc1c(CC)noc1CC. The fourth-order valence-electron chi connectivity index (χ4n) is 2.94. The van der Waals surface area contributed by atoms with Crippen molar-refractivity contribution >= 4 is 11.9 Å². The highest BCUT2D eigenvalue weighted by molar-refractivity contribution is 5.92. The number of hydrogen-bond donors (Lipinski definition) is 2. The van der Waals surface area contributed by atoms with Crippen LogP contribution < -0.4 is 15.4 Å². The molecule has 0 radical (unpaired) electrons. The normalized spacial score (nSPS) is 11.3. The van der Waals surface area contributed by atoms with E-state index < -0.39 is 5.97 Å². The van der Waals surface area contributed by atoms with Crippen LogP contribution in [-0.4, -0.2) is 37.8 Å². The Morgan fingerprint density at radius 3 is 2.59 bits per heavy atom. The Bertz CT molecular complexity index is 824. The third-order valence-corrected chi connectivity index (χ3v) is 4.47. The molecular weight excluding hydrogens is 372 g/mol. The summed E-state index contributed by atoms with van der Waals surface area (Å²) in [5, 5.41) is 10.7. The quantitative estimate of drug-likeness (QED) is 0.378. The van der Waals surface area contributed by atoms with Crippen LogP contribution in [0.3, 0.4) is 0 Å². The Balaban J connectivity index is 2.15. The first-order valence-corrected chi connectivity index (χ1v) is 9.81. The van der Waals surface area contributed by atoms with Crippen LogP contribution in [-0.2, 0) is 30.7 Å². The molecule has 8 nitrogen and oxygen atoms in total. The first-order valence-electron chi connectivity index (χ1n) is 9.81. The third-order valence-electron chi connectivity index (χ3n) is 4.47. The van der Waals surface area contributed by atoms with Crippen molar-refractivity contribution in [1.82, 2.24) is 15.8 Å². The van der Waals surface area contributed by atoms with Gasteiger partial charge in [-0.2, -0.15) is 0 Å². The van der Waals surface area contributed by atoms with Crippen molar-refractivity contribution in [2.24, 2.45) is 4.99 Å². The Morgan fingerprint density at radius 2 is 1.97 bits per heavy atom. The molecule has 0 spiro atoms. The van der Waals surface area contributed by atoms with Crippen molar-refractivity contribution in [3.8, 4) is 5.75 Å². The van der Waals surface area contributed by atoms with Gasteiger partial charge in [0, 0.05) is 25.1 Å². The van der Waals surface area contributed by atoms with Gasteiger partial charge in [-0.1, -0.05) is 25.1 Å². The molecule has 158 valence electrons. The van der Waals surface area contributed by atoms with E-state index in [4.69, 9.17) is 14.0 Å². The Hall–Kier alpha value is -3.03. The maximum atomic E-state index is 12.0. The van der Waals surface area contributed by atoms with Crippen LogP contribution in [0.4, 0.5) is 0 Å². The van der Waals surface area contributed by atoms with Crippen molar-refractivity contribution in [2.75, 3.05) is 20.8 Å². The lowest BCUT2D eigenvalue weighted by atomic mass is 10.1. The van der Waals surface area contributed by atoms with Gasteiger partial charge in [0.1, 0.15) is 17.1 Å². The molecule has 0 aliphatic rings. The van der Waals surface area contributed by atoms with Crippen LogP contribution >= 0.6 is 0 Å². The number of methoxy groups -OCH3 is 2. The van der Waals surface area contributed by atoms with E-state index in [2.05, 4.69) is 27.7 Å². The molecule has 8 heteroatoms. The van der Waals surface area contributed by atoms with E-state index in [0.717, 1.165) is 42.0 Å². The number of ether oxygens (including phenoxy) is 2. The lowest BCUT2D eigenvalue weighted by molar-refractivity contribution is 0.0597. The van der Waals surface area contributed by atoms with Crippen LogP contribution in [0.1, 0.15) is 53.7 Å². The Labute approximate surface area is 171 Å². The van der Waals surface area contributed by atoms with Crippen molar-refractivity contribution in [1.29, 1.82) is 0 Å². The van der Waals surface area contributed by atoms with E-state index in [1.54, 1.807) is 12.1 Å². The average Bonchev–Trinajstić information content (AvgIpc) is 3.16. The van der Waals surface area contributed by atoms with Crippen molar-refractivity contribution in [2.45, 2.75) is 46.7 Å². The number of aryl methyl sites for hydroxylation is 2. The van der Waals surface area contributed by atoms with Gasteiger partial charge in [0.25, 0.3) is 0 Å². The average molecular weight is 402 g/mol. The van der Waals surface area contributed by atoms with Gasteiger partial charge in [0.15, 0.2) is 5.96 Å². The summed E-state index contributed by atoms with van der Waals surface area (Å²) in [6.45, 7) is 7.82. The highest BCUT2D eigenvalue weighted by Crippen LogP contribution is 2.21. The van der Waals surface area contributed by atoms with Crippen LogP contribution in [0.15, 0.2) is 27.7 Å². The Morgan fingerprint density at radius 1 is 1.17 bits per heavy atom. The molecule has 0 fully saturated rings. The number of carbonyl (C=O) groups excluding carboxylic acids is 1. The molecule has 0 amide bonds. The number of benzene rings is 1. The summed E-state index contributed by atoms with van der Waals surface area (Å²) in [5.41, 5.74) is 3.29. The minimum Gasteiger partial charge on any atom is -0.496 e. The van der Waals surface area contributed by atoms with Crippen LogP contribution in [0.5, 0.6) is 5.75 Å². The third kappa shape index (κ3) is 5.73. The summed E-state index contributed by atoms with van der Waals surface area (Å²) in [6.07, 6.45) is 1.61. The summed E-state index contributed by atoms with van der Waals surface area (Å²) in [6, 6.07) is 5.36. The molecule has 0 aliphatic heterocycles. The van der Waals surface area contributed by atoms with Crippen LogP contribution in [0.2, 0.25) is 0 Å². The molecular formula is C21H30N4O4. The first kappa shape index (κ1) is 22.3. The fourth-order valence-corrected chi connectivity index (χ4v) is 2.94. The summed E-state index contributed by atoms with van der Waals surface area (Å²) in [5.74, 6) is 1.60. The minimum absolute atomic E-state index is 0.380. The van der Waals surface area contributed by atoms with E-state index in [9.17, 15) is 4.79 Å². The molecule has 2 rings (SSSR count). The first-order chi connectivity index (χ1) is 14.1. The zero-order chi connectivity index (χ0) is 21.2.